The lowest BCUT2D eigenvalue weighted by molar-refractivity contribution is -0.909. The summed E-state index contributed by atoms with van der Waals surface area (Å²) in [5, 5.41) is 11.6. The minimum absolute atomic E-state index is 0.122. The largest absolute Gasteiger partial charge is 0.462 e. The quantitative estimate of drug-likeness (QED) is 0.533. The molecule has 2 fully saturated rings. The van der Waals surface area contributed by atoms with E-state index in [1.54, 1.807) is 19.1 Å². The molecular formula is C23H34NO5+. The molecule has 2 aliphatic rings. The zero-order valence-electron chi connectivity index (χ0n) is 17.6. The van der Waals surface area contributed by atoms with Crippen LogP contribution < -0.4 is 0 Å². The fourth-order valence-corrected chi connectivity index (χ4v) is 4.95. The number of hydrogen-bond donors (Lipinski definition) is 1. The highest BCUT2D eigenvalue weighted by Crippen LogP contribution is 2.42. The van der Waals surface area contributed by atoms with Crippen LogP contribution in [0.15, 0.2) is 30.3 Å². The first kappa shape index (κ1) is 21.8. The summed E-state index contributed by atoms with van der Waals surface area (Å²) in [6, 6.07) is 9.18. The third kappa shape index (κ3) is 4.64. The molecule has 0 aromatic heterocycles. The van der Waals surface area contributed by atoms with E-state index in [9.17, 15) is 14.7 Å². The number of esters is 2. The molecule has 0 spiro atoms. The predicted octanol–water partition coefficient (Wildman–Crippen LogP) is 2.78. The smallest absolute Gasteiger partial charge is 0.361 e. The van der Waals surface area contributed by atoms with Crippen LogP contribution in [0.4, 0.5) is 0 Å². The highest BCUT2D eigenvalue weighted by Gasteiger charge is 2.50. The topological polar surface area (TPSA) is 72.8 Å². The maximum Gasteiger partial charge on any atom is 0.361 e. The van der Waals surface area contributed by atoms with Crippen molar-refractivity contribution in [2.45, 2.75) is 57.7 Å². The molecule has 1 N–H and O–H groups in total. The summed E-state index contributed by atoms with van der Waals surface area (Å²) in [6.45, 7) is 6.63. The van der Waals surface area contributed by atoms with Gasteiger partial charge in [-0.25, -0.2) is 9.59 Å². The van der Waals surface area contributed by atoms with Crippen molar-refractivity contribution >= 4 is 11.9 Å². The first-order valence-corrected chi connectivity index (χ1v) is 10.9. The van der Waals surface area contributed by atoms with Gasteiger partial charge in [-0.1, -0.05) is 43.2 Å². The van der Waals surface area contributed by atoms with Crippen molar-refractivity contribution in [2.75, 3.05) is 32.8 Å². The second-order valence-electron chi connectivity index (χ2n) is 8.46. The summed E-state index contributed by atoms with van der Waals surface area (Å²) in [5.74, 6) is -0.885. The van der Waals surface area contributed by atoms with Crippen LogP contribution in [-0.2, 0) is 24.7 Å². The number of aliphatic hydroxyl groups is 1. The van der Waals surface area contributed by atoms with Gasteiger partial charge < -0.3 is 19.1 Å². The Morgan fingerprint density at radius 2 is 1.83 bits per heavy atom. The van der Waals surface area contributed by atoms with Crippen LogP contribution in [0.25, 0.3) is 0 Å². The van der Waals surface area contributed by atoms with Crippen LogP contribution in [0.2, 0.25) is 0 Å². The van der Waals surface area contributed by atoms with Gasteiger partial charge in [-0.2, -0.15) is 0 Å². The van der Waals surface area contributed by atoms with Crippen LogP contribution in [0.5, 0.6) is 0 Å². The van der Waals surface area contributed by atoms with Crippen LogP contribution in [0, 0.1) is 5.92 Å². The van der Waals surface area contributed by atoms with Gasteiger partial charge in [0.05, 0.1) is 19.7 Å². The molecule has 160 valence electrons. The van der Waals surface area contributed by atoms with Crippen LogP contribution in [0.1, 0.15) is 51.5 Å². The fourth-order valence-electron chi connectivity index (χ4n) is 4.95. The molecule has 29 heavy (non-hydrogen) atoms. The average Bonchev–Trinajstić information content (AvgIpc) is 3.39. The van der Waals surface area contributed by atoms with Crippen LogP contribution in [-0.4, -0.2) is 60.4 Å². The summed E-state index contributed by atoms with van der Waals surface area (Å²) in [6.07, 6.45) is 4.08. The first-order valence-electron chi connectivity index (χ1n) is 10.9. The molecule has 0 bridgehead atoms. The molecule has 1 saturated carbocycles. The number of quaternary nitrogens is 1. The van der Waals surface area contributed by atoms with Crippen molar-refractivity contribution in [3.8, 4) is 0 Å². The number of likely N-dealkylation sites (N-methyl/N-ethyl adjacent to an activating group) is 1. The van der Waals surface area contributed by atoms with E-state index >= 15 is 0 Å². The van der Waals surface area contributed by atoms with E-state index in [1.807, 2.05) is 25.1 Å². The summed E-state index contributed by atoms with van der Waals surface area (Å²) >= 11 is 0. The average molecular weight is 405 g/mol. The maximum absolute atomic E-state index is 13.3. The van der Waals surface area contributed by atoms with Crippen molar-refractivity contribution in [1.82, 2.24) is 0 Å². The molecule has 3 rings (SSSR count). The standard InChI is InChI=1S/C23H34NO5/c1-3-24(17-21(25)28-4-2)15-14-20(16-24)29-22(26)23(27,19-12-8-9-13-19)18-10-6-5-7-11-18/h5-7,10-11,19-20,27H,3-4,8-9,12-17H2,1-2H3/q+1/t20?,23-,24+/m0/s1. The molecular weight excluding hydrogens is 370 g/mol. The molecule has 0 radical (unpaired) electrons. The number of rotatable bonds is 8. The SMILES string of the molecule is CCOC(=O)C[N@+]1(CC)CCC(OC(=O)[C@](O)(c2ccccc2)C2CCCC2)C1. The Bertz CT molecular complexity index is 702. The zero-order chi connectivity index (χ0) is 20.9. The van der Waals surface area contributed by atoms with E-state index in [1.165, 1.54) is 0 Å². The molecule has 1 heterocycles. The number of likely N-dealkylation sites (tertiary alicyclic amines) is 1. The summed E-state index contributed by atoms with van der Waals surface area (Å²) < 4.78 is 11.6. The zero-order valence-corrected chi connectivity index (χ0v) is 17.6. The normalized spacial score (nSPS) is 26.8. The summed E-state index contributed by atoms with van der Waals surface area (Å²) in [7, 11) is 0. The van der Waals surface area contributed by atoms with Crippen LogP contribution in [0.3, 0.4) is 0 Å². The maximum atomic E-state index is 13.3. The molecule has 1 unspecified atom stereocenters. The van der Waals surface area contributed by atoms with Crippen molar-refractivity contribution in [3.05, 3.63) is 35.9 Å². The Morgan fingerprint density at radius 1 is 1.14 bits per heavy atom. The minimum Gasteiger partial charge on any atom is -0.462 e. The van der Waals surface area contributed by atoms with Gasteiger partial charge in [-0.15, -0.1) is 0 Å². The molecule has 1 aromatic carbocycles. The third-order valence-electron chi connectivity index (χ3n) is 6.70. The van der Waals surface area contributed by atoms with Crippen molar-refractivity contribution < 1.29 is 28.7 Å². The van der Waals surface area contributed by atoms with Gasteiger partial charge >= 0.3 is 11.9 Å². The first-order chi connectivity index (χ1) is 13.9. The number of nitrogens with zero attached hydrogens (tertiary/aromatic N) is 1. The molecule has 1 aliphatic heterocycles. The highest BCUT2D eigenvalue weighted by molar-refractivity contribution is 5.81. The van der Waals surface area contributed by atoms with Gasteiger partial charge in [-0.3, -0.25) is 0 Å². The Kier molecular flexibility index (Phi) is 6.96. The monoisotopic (exact) mass is 404 g/mol. The number of carbonyl (C=O) groups excluding carboxylic acids is 2. The van der Waals surface area contributed by atoms with Crippen molar-refractivity contribution in [2.24, 2.45) is 5.92 Å². The lowest BCUT2D eigenvalue weighted by Gasteiger charge is -2.34. The predicted molar refractivity (Wildman–Crippen MR) is 109 cm³/mol. The van der Waals surface area contributed by atoms with Gasteiger partial charge in [0, 0.05) is 12.3 Å². The molecule has 3 atom stereocenters. The van der Waals surface area contributed by atoms with Crippen molar-refractivity contribution in [1.29, 1.82) is 0 Å². The third-order valence-corrected chi connectivity index (χ3v) is 6.70. The van der Waals surface area contributed by atoms with Gasteiger partial charge in [0.1, 0.15) is 6.54 Å². The summed E-state index contributed by atoms with van der Waals surface area (Å²) in [5.41, 5.74) is -0.999. The summed E-state index contributed by atoms with van der Waals surface area (Å²) in [4.78, 5) is 25.3. The Hall–Kier alpha value is -1.92. The molecule has 1 aromatic rings. The van der Waals surface area contributed by atoms with E-state index < -0.39 is 11.6 Å². The molecule has 0 amide bonds. The molecule has 1 aliphatic carbocycles. The molecule has 6 nitrogen and oxygen atoms in total. The Labute approximate surface area is 173 Å². The lowest BCUT2D eigenvalue weighted by Crippen LogP contribution is -2.51. The minimum atomic E-state index is -1.61. The van der Waals surface area contributed by atoms with E-state index in [0.29, 0.717) is 36.2 Å². The second kappa shape index (κ2) is 9.26. The lowest BCUT2D eigenvalue weighted by atomic mass is 9.80. The highest BCUT2D eigenvalue weighted by atomic mass is 16.6. The van der Waals surface area contributed by atoms with Gasteiger partial charge in [0.15, 0.2) is 18.2 Å². The second-order valence-corrected chi connectivity index (χ2v) is 8.46. The van der Waals surface area contributed by atoms with E-state index in [2.05, 4.69) is 0 Å². The number of hydrogen-bond acceptors (Lipinski definition) is 5. The van der Waals surface area contributed by atoms with Crippen molar-refractivity contribution in [3.63, 3.8) is 0 Å². The van der Waals surface area contributed by atoms with E-state index in [4.69, 9.17) is 9.47 Å². The number of benzene rings is 1. The fraction of sp³-hybridized carbons (Fsp3) is 0.652. The molecule has 6 heteroatoms. The van der Waals surface area contributed by atoms with Crippen LogP contribution >= 0.6 is 0 Å². The van der Waals surface area contributed by atoms with E-state index in [0.717, 1.165) is 38.8 Å². The van der Waals surface area contributed by atoms with Gasteiger partial charge in [0.2, 0.25) is 0 Å². The van der Waals surface area contributed by atoms with E-state index in [-0.39, 0.29) is 18.0 Å². The molecule has 1 saturated heterocycles. The number of carbonyl (C=O) groups is 2. The van der Waals surface area contributed by atoms with Gasteiger partial charge in [0.25, 0.3) is 0 Å². The Balaban J connectivity index is 1.73. The Morgan fingerprint density at radius 3 is 2.45 bits per heavy atom. The van der Waals surface area contributed by atoms with Gasteiger partial charge in [-0.05, 0) is 32.3 Å². The number of ether oxygens (including phenoxy) is 2.